The number of aryl methyl sites for hydroxylation is 3. The van der Waals surface area contributed by atoms with Gasteiger partial charge in [0.1, 0.15) is 0 Å². The summed E-state index contributed by atoms with van der Waals surface area (Å²) in [6.07, 6.45) is 1.61. The Balaban J connectivity index is 2.43. The van der Waals surface area contributed by atoms with Gasteiger partial charge in [-0.25, -0.2) is 13.4 Å². The van der Waals surface area contributed by atoms with Crippen LogP contribution in [0.25, 0.3) is 0 Å². The van der Waals surface area contributed by atoms with Crippen LogP contribution in [0.5, 0.6) is 0 Å². The number of rotatable bonds is 4. The number of benzene rings is 1. The Morgan fingerprint density at radius 1 is 1.25 bits per heavy atom. The number of thiazole rings is 1. The van der Waals surface area contributed by atoms with E-state index in [1.807, 2.05) is 13.8 Å². The molecule has 0 radical (unpaired) electrons. The highest BCUT2D eigenvalue weighted by Gasteiger charge is 2.19. The topological polar surface area (TPSA) is 79.3 Å². The van der Waals surface area contributed by atoms with Crippen molar-refractivity contribution in [2.24, 2.45) is 0 Å². The van der Waals surface area contributed by atoms with Crippen molar-refractivity contribution in [3.8, 4) is 0 Å². The smallest absolute Gasteiger partial charge is 0.263 e. The lowest BCUT2D eigenvalue weighted by Crippen LogP contribution is -2.15. The number of hydrogen-bond acceptors (Lipinski definition) is 5. The van der Waals surface area contributed by atoms with Gasteiger partial charge in [0.25, 0.3) is 10.0 Å². The highest BCUT2D eigenvalue weighted by molar-refractivity contribution is 7.93. The summed E-state index contributed by atoms with van der Waals surface area (Å²) < 4.78 is 27.2. The van der Waals surface area contributed by atoms with Gasteiger partial charge in [-0.2, -0.15) is 0 Å². The zero-order chi connectivity index (χ0) is 14.9. The standard InChI is InChI=1S/C13H16N2O3S2/c1-8-4-9(2)12(5-11(8)7-16)20(17,18)15-13-14-6-10(3)19-13/h4-6,16H,7H2,1-3H3,(H,14,15). The van der Waals surface area contributed by atoms with E-state index >= 15 is 0 Å². The first-order valence-corrected chi connectivity index (χ1v) is 8.29. The summed E-state index contributed by atoms with van der Waals surface area (Å²) in [6.45, 7) is 5.24. The van der Waals surface area contributed by atoms with Crippen molar-refractivity contribution < 1.29 is 13.5 Å². The molecule has 1 aromatic carbocycles. The van der Waals surface area contributed by atoms with Crippen LogP contribution in [0.3, 0.4) is 0 Å². The summed E-state index contributed by atoms with van der Waals surface area (Å²) in [7, 11) is -3.69. The number of nitrogens with zero attached hydrogens (tertiary/aromatic N) is 1. The molecule has 0 saturated heterocycles. The second-order valence-corrected chi connectivity index (χ2v) is 7.47. The van der Waals surface area contributed by atoms with Crippen LogP contribution in [0.15, 0.2) is 23.2 Å². The van der Waals surface area contributed by atoms with E-state index in [9.17, 15) is 13.5 Å². The minimum Gasteiger partial charge on any atom is -0.392 e. The van der Waals surface area contributed by atoms with Crippen LogP contribution in [0.2, 0.25) is 0 Å². The van der Waals surface area contributed by atoms with E-state index in [0.29, 0.717) is 16.3 Å². The maximum atomic E-state index is 12.4. The zero-order valence-corrected chi connectivity index (χ0v) is 13.1. The highest BCUT2D eigenvalue weighted by Crippen LogP contribution is 2.25. The second-order valence-electron chi connectivity index (χ2n) is 4.58. The van der Waals surface area contributed by atoms with E-state index in [-0.39, 0.29) is 11.5 Å². The van der Waals surface area contributed by atoms with Crippen LogP contribution < -0.4 is 4.72 Å². The predicted molar refractivity (Wildman–Crippen MR) is 79.5 cm³/mol. The molecule has 0 aliphatic carbocycles. The molecule has 2 aromatic rings. The normalized spacial score (nSPS) is 11.6. The Morgan fingerprint density at radius 2 is 1.95 bits per heavy atom. The number of aliphatic hydroxyl groups excluding tert-OH is 1. The number of aliphatic hydroxyl groups is 1. The van der Waals surface area contributed by atoms with Gasteiger partial charge < -0.3 is 5.11 Å². The molecule has 0 saturated carbocycles. The first-order chi connectivity index (χ1) is 9.33. The van der Waals surface area contributed by atoms with Crippen LogP contribution in [-0.2, 0) is 16.6 Å². The lowest BCUT2D eigenvalue weighted by atomic mass is 10.1. The van der Waals surface area contributed by atoms with Crippen molar-refractivity contribution >= 4 is 26.5 Å². The van der Waals surface area contributed by atoms with Crippen LogP contribution in [-0.4, -0.2) is 18.5 Å². The van der Waals surface area contributed by atoms with Gasteiger partial charge in [-0.3, -0.25) is 4.72 Å². The molecular formula is C13H16N2O3S2. The fourth-order valence-electron chi connectivity index (χ4n) is 1.91. The van der Waals surface area contributed by atoms with Crippen molar-refractivity contribution in [2.45, 2.75) is 32.3 Å². The van der Waals surface area contributed by atoms with Crippen molar-refractivity contribution in [3.63, 3.8) is 0 Å². The molecule has 0 bridgehead atoms. The molecule has 5 nitrogen and oxygen atoms in total. The van der Waals surface area contributed by atoms with E-state index < -0.39 is 10.0 Å². The zero-order valence-electron chi connectivity index (χ0n) is 11.5. The van der Waals surface area contributed by atoms with Gasteiger partial charge in [-0.15, -0.1) is 11.3 Å². The van der Waals surface area contributed by atoms with Crippen LogP contribution in [0.1, 0.15) is 21.6 Å². The van der Waals surface area contributed by atoms with Gasteiger partial charge in [-0.05, 0) is 43.5 Å². The number of hydrogen-bond donors (Lipinski definition) is 2. The number of nitrogens with one attached hydrogen (secondary N) is 1. The lowest BCUT2D eigenvalue weighted by molar-refractivity contribution is 0.280. The molecule has 1 aromatic heterocycles. The van der Waals surface area contributed by atoms with Crippen molar-refractivity contribution in [2.75, 3.05) is 4.72 Å². The second kappa shape index (κ2) is 5.51. The van der Waals surface area contributed by atoms with E-state index in [2.05, 4.69) is 9.71 Å². The first-order valence-electron chi connectivity index (χ1n) is 5.99. The van der Waals surface area contributed by atoms with Crippen LogP contribution in [0.4, 0.5) is 5.13 Å². The average molecular weight is 312 g/mol. The minimum atomic E-state index is -3.69. The van der Waals surface area contributed by atoms with Gasteiger partial charge >= 0.3 is 0 Å². The monoisotopic (exact) mass is 312 g/mol. The maximum absolute atomic E-state index is 12.4. The molecule has 1 heterocycles. The summed E-state index contributed by atoms with van der Waals surface area (Å²) in [5.41, 5.74) is 2.11. The molecule has 2 rings (SSSR count). The van der Waals surface area contributed by atoms with Gasteiger partial charge in [0.2, 0.25) is 0 Å². The summed E-state index contributed by atoms with van der Waals surface area (Å²) in [5.74, 6) is 0. The molecular weight excluding hydrogens is 296 g/mol. The quantitative estimate of drug-likeness (QED) is 0.908. The van der Waals surface area contributed by atoms with Gasteiger partial charge in [-0.1, -0.05) is 6.07 Å². The summed E-state index contributed by atoms with van der Waals surface area (Å²) in [4.78, 5) is 5.09. The molecule has 0 spiro atoms. The molecule has 108 valence electrons. The Hall–Kier alpha value is -1.44. The number of anilines is 1. The third-order valence-electron chi connectivity index (χ3n) is 2.94. The van der Waals surface area contributed by atoms with Gasteiger partial charge in [0, 0.05) is 11.1 Å². The summed E-state index contributed by atoms with van der Waals surface area (Å²) >= 11 is 1.28. The Morgan fingerprint density at radius 3 is 2.50 bits per heavy atom. The Bertz CT molecular complexity index is 736. The number of aromatic nitrogens is 1. The molecule has 7 heteroatoms. The van der Waals surface area contributed by atoms with E-state index in [4.69, 9.17) is 0 Å². The van der Waals surface area contributed by atoms with Crippen molar-refractivity contribution in [1.82, 2.24) is 4.98 Å². The van der Waals surface area contributed by atoms with E-state index in [1.165, 1.54) is 17.4 Å². The molecule has 20 heavy (non-hydrogen) atoms. The van der Waals surface area contributed by atoms with E-state index in [0.717, 1.165) is 10.4 Å². The molecule has 0 amide bonds. The fraction of sp³-hybridized carbons (Fsp3) is 0.308. The molecule has 0 atom stereocenters. The third kappa shape index (κ3) is 3.00. The third-order valence-corrected chi connectivity index (χ3v) is 5.37. The fourth-order valence-corrected chi connectivity index (χ4v) is 4.09. The molecule has 0 fully saturated rings. The number of sulfonamides is 1. The lowest BCUT2D eigenvalue weighted by Gasteiger charge is -2.12. The highest BCUT2D eigenvalue weighted by atomic mass is 32.2. The van der Waals surface area contributed by atoms with Crippen molar-refractivity contribution in [1.29, 1.82) is 0 Å². The molecule has 0 aliphatic heterocycles. The Labute approximate surface area is 122 Å². The largest absolute Gasteiger partial charge is 0.392 e. The summed E-state index contributed by atoms with van der Waals surface area (Å²) in [5, 5.41) is 9.61. The molecule has 0 aliphatic rings. The minimum absolute atomic E-state index is 0.167. The van der Waals surface area contributed by atoms with Gasteiger partial charge in [0.05, 0.1) is 11.5 Å². The SMILES string of the molecule is Cc1cnc(NS(=O)(=O)c2cc(CO)c(C)cc2C)s1. The Kier molecular flexibility index (Phi) is 4.12. The predicted octanol–water partition coefficient (Wildman–Crippen LogP) is 2.36. The van der Waals surface area contributed by atoms with Crippen LogP contribution >= 0.6 is 11.3 Å². The van der Waals surface area contributed by atoms with Crippen molar-refractivity contribution in [3.05, 3.63) is 39.9 Å². The molecule has 2 N–H and O–H groups in total. The van der Waals surface area contributed by atoms with E-state index in [1.54, 1.807) is 19.2 Å². The van der Waals surface area contributed by atoms with Gasteiger partial charge in [0.15, 0.2) is 5.13 Å². The first kappa shape index (κ1) is 15.0. The van der Waals surface area contributed by atoms with Crippen LogP contribution in [0, 0.1) is 20.8 Å². The molecule has 0 unspecified atom stereocenters. The maximum Gasteiger partial charge on any atom is 0.263 e. The average Bonchev–Trinajstić information content (AvgIpc) is 2.73. The summed E-state index contributed by atoms with van der Waals surface area (Å²) in [6, 6.07) is 3.26.